The van der Waals surface area contributed by atoms with E-state index >= 15 is 0 Å². The highest BCUT2D eigenvalue weighted by Crippen LogP contribution is 2.39. The molecule has 1 N–H and O–H groups in total. The second-order valence-corrected chi connectivity index (χ2v) is 4.88. The fraction of sp³-hybridized carbons (Fsp3) is 0.278. The molecule has 0 bridgehead atoms. The molecule has 0 heterocycles. The SMILES string of the molecule is [3H]COc1cc(CCC(=O)O)cc(OCc2ccccc2)c1OC[3H]. The standard InChI is InChI=1S/C18H20O5/c1-21-15-10-14(8-9-17(19)20)11-16(18(15)22-2)23-12-13-6-4-3-5-7-13/h3-7,10-11H,8-9,12H2,1-2H3,(H,19,20)/i1T,2T. The van der Waals surface area contributed by atoms with Gasteiger partial charge < -0.3 is 19.3 Å². The lowest BCUT2D eigenvalue weighted by atomic mass is 10.1. The van der Waals surface area contributed by atoms with Gasteiger partial charge in [0.1, 0.15) is 6.61 Å². The minimum atomic E-state index is -0.902. The Morgan fingerprint density at radius 2 is 1.83 bits per heavy atom. The second-order valence-electron chi connectivity index (χ2n) is 4.88. The molecule has 5 nitrogen and oxygen atoms in total. The van der Waals surface area contributed by atoms with Gasteiger partial charge in [-0.25, -0.2) is 0 Å². The van der Waals surface area contributed by atoms with E-state index in [-0.39, 0.29) is 38.7 Å². The van der Waals surface area contributed by atoms with Gasteiger partial charge in [-0.3, -0.25) is 4.79 Å². The summed E-state index contributed by atoms with van der Waals surface area (Å²) in [4.78, 5) is 10.8. The molecular weight excluding hydrogens is 296 g/mol. The minimum absolute atomic E-state index is 0.0307. The zero-order chi connectivity index (χ0) is 18.1. The topological polar surface area (TPSA) is 65.0 Å². The molecule has 0 saturated heterocycles. The molecule has 0 radical (unpaired) electrons. The number of methoxy groups -OCH3 is 2. The summed E-state index contributed by atoms with van der Waals surface area (Å²) in [6.07, 6.45) is 0.267. The first-order valence-electron chi connectivity index (χ1n) is 8.45. The largest absolute Gasteiger partial charge is 0.493 e. The van der Waals surface area contributed by atoms with Crippen LogP contribution < -0.4 is 14.2 Å². The fourth-order valence-electron chi connectivity index (χ4n) is 2.12. The predicted molar refractivity (Wildman–Crippen MR) is 86.3 cm³/mol. The van der Waals surface area contributed by atoms with Gasteiger partial charge in [-0.1, -0.05) is 30.3 Å². The Morgan fingerprint density at radius 1 is 1.09 bits per heavy atom. The Balaban J connectivity index is 2.29. The number of hydrogen-bond donors (Lipinski definition) is 1. The van der Waals surface area contributed by atoms with Crippen molar-refractivity contribution in [2.24, 2.45) is 0 Å². The van der Waals surface area contributed by atoms with Crippen LogP contribution in [0.4, 0.5) is 0 Å². The van der Waals surface area contributed by atoms with Crippen molar-refractivity contribution in [3.05, 3.63) is 53.6 Å². The highest BCUT2D eigenvalue weighted by atomic mass is 16.5. The highest BCUT2D eigenvalue weighted by molar-refractivity contribution is 5.67. The molecule has 0 unspecified atom stereocenters. The molecular formula is C18H20O5. The number of ether oxygens (including phenoxy) is 3. The van der Waals surface area contributed by atoms with Gasteiger partial charge in [-0.05, 0) is 29.7 Å². The molecule has 0 spiro atoms. The van der Waals surface area contributed by atoms with Crippen LogP contribution in [0.25, 0.3) is 0 Å². The van der Waals surface area contributed by atoms with Gasteiger partial charge >= 0.3 is 5.97 Å². The third-order valence-corrected chi connectivity index (χ3v) is 3.25. The Bertz CT molecular complexity index is 691. The van der Waals surface area contributed by atoms with Crippen LogP contribution in [0.15, 0.2) is 42.5 Å². The van der Waals surface area contributed by atoms with Crippen LogP contribution in [-0.4, -0.2) is 25.2 Å². The zero-order valence-electron chi connectivity index (χ0n) is 14.7. The summed E-state index contributed by atoms with van der Waals surface area (Å²) in [6.45, 7) is 0.290. The lowest BCUT2D eigenvalue weighted by Crippen LogP contribution is -2.02. The van der Waals surface area contributed by atoms with Gasteiger partial charge in [0, 0.05) is 6.42 Å². The van der Waals surface area contributed by atoms with Crippen LogP contribution in [-0.2, 0) is 17.8 Å². The van der Waals surface area contributed by atoms with Crippen LogP contribution in [0.1, 0.15) is 20.3 Å². The van der Waals surface area contributed by atoms with E-state index in [4.69, 9.17) is 22.1 Å². The maximum atomic E-state index is 10.8. The molecule has 0 aliphatic carbocycles. The first-order valence-corrected chi connectivity index (χ1v) is 7.03. The van der Waals surface area contributed by atoms with Gasteiger partial charge in [0.2, 0.25) is 5.75 Å². The van der Waals surface area contributed by atoms with Gasteiger partial charge in [0.25, 0.3) is 0 Å². The van der Waals surface area contributed by atoms with E-state index < -0.39 is 5.97 Å². The van der Waals surface area contributed by atoms with E-state index in [9.17, 15) is 4.79 Å². The van der Waals surface area contributed by atoms with E-state index in [2.05, 4.69) is 0 Å². The first-order chi connectivity index (χ1) is 12.1. The van der Waals surface area contributed by atoms with Crippen molar-refractivity contribution in [2.75, 3.05) is 14.2 Å². The van der Waals surface area contributed by atoms with Crippen molar-refractivity contribution in [1.29, 1.82) is 0 Å². The number of benzene rings is 2. The summed E-state index contributed by atoms with van der Waals surface area (Å²) in [5.74, 6) is -0.0194. The summed E-state index contributed by atoms with van der Waals surface area (Å²) >= 11 is 0. The van der Waals surface area contributed by atoms with E-state index in [1.807, 2.05) is 30.3 Å². The molecule has 0 saturated carbocycles. The summed E-state index contributed by atoms with van der Waals surface area (Å²) in [6, 6.07) is 12.9. The Morgan fingerprint density at radius 3 is 2.52 bits per heavy atom. The van der Waals surface area contributed by atoms with Crippen molar-refractivity contribution in [3.8, 4) is 17.2 Å². The lowest BCUT2D eigenvalue weighted by Gasteiger charge is -2.15. The van der Waals surface area contributed by atoms with Crippen molar-refractivity contribution in [2.45, 2.75) is 19.4 Å². The molecule has 2 rings (SSSR count). The van der Waals surface area contributed by atoms with Crippen LogP contribution >= 0.6 is 0 Å². The molecule has 0 aromatic heterocycles. The van der Waals surface area contributed by atoms with Crippen molar-refractivity contribution >= 4 is 5.97 Å². The van der Waals surface area contributed by atoms with Gasteiger partial charge in [0.15, 0.2) is 11.5 Å². The van der Waals surface area contributed by atoms with Gasteiger partial charge in [0.05, 0.1) is 16.9 Å². The lowest BCUT2D eigenvalue weighted by molar-refractivity contribution is -0.136. The van der Waals surface area contributed by atoms with E-state index in [1.54, 1.807) is 12.1 Å². The summed E-state index contributed by atoms with van der Waals surface area (Å²) in [5.41, 5.74) is 1.66. The van der Waals surface area contributed by atoms with E-state index in [0.29, 0.717) is 17.7 Å². The number of aliphatic carboxylic acids is 1. The molecule has 2 aromatic rings. The molecule has 0 atom stereocenters. The number of aryl methyl sites for hydroxylation is 1. The molecule has 0 aliphatic heterocycles. The third-order valence-electron chi connectivity index (χ3n) is 3.25. The Labute approximate surface area is 138 Å². The molecule has 2 aromatic carbocycles. The average Bonchev–Trinajstić information content (AvgIpc) is 2.61. The minimum Gasteiger partial charge on any atom is -0.493 e. The number of rotatable bonds is 8. The maximum Gasteiger partial charge on any atom is 0.303 e. The summed E-state index contributed by atoms with van der Waals surface area (Å²) in [5, 5.41) is 8.87. The number of carboxylic acids is 1. The van der Waals surface area contributed by atoms with E-state index in [0.717, 1.165) is 5.56 Å². The van der Waals surface area contributed by atoms with Crippen LogP contribution in [0.5, 0.6) is 17.2 Å². The molecule has 0 fully saturated rings. The average molecular weight is 320 g/mol. The molecule has 5 heteroatoms. The molecule has 0 aliphatic rings. The smallest absolute Gasteiger partial charge is 0.303 e. The van der Waals surface area contributed by atoms with Crippen LogP contribution in [0, 0.1) is 0 Å². The summed E-state index contributed by atoms with van der Waals surface area (Å²) < 4.78 is 30.9. The van der Waals surface area contributed by atoms with E-state index in [1.165, 1.54) is 0 Å². The van der Waals surface area contributed by atoms with Crippen LogP contribution in [0.2, 0.25) is 0 Å². The zero-order valence-corrected chi connectivity index (χ0v) is 12.7. The number of carbonyl (C=O) groups is 1. The van der Waals surface area contributed by atoms with Crippen molar-refractivity contribution in [3.63, 3.8) is 0 Å². The fourth-order valence-corrected chi connectivity index (χ4v) is 2.12. The van der Waals surface area contributed by atoms with Crippen LogP contribution in [0.3, 0.4) is 0 Å². The van der Waals surface area contributed by atoms with Gasteiger partial charge in [-0.2, -0.15) is 0 Å². The predicted octanol–water partition coefficient (Wildman–Crippen LogP) is 3.30. The monoisotopic (exact) mass is 320 g/mol. The van der Waals surface area contributed by atoms with Gasteiger partial charge in [-0.15, -0.1) is 0 Å². The molecule has 122 valence electrons. The maximum absolute atomic E-state index is 10.8. The quantitative estimate of drug-likeness (QED) is 0.808. The third kappa shape index (κ3) is 4.64. The normalized spacial score (nSPS) is 11.3. The molecule has 23 heavy (non-hydrogen) atoms. The van der Waals surface area contributed by atoms with Crippen molar-refractivity contribution < 1.29 is 26.9 Å². The Kier molecular flexibility index (Phi) is 4.89. The first kappa shape index (κ1) is 13.9. The highest BCUT2D eigenvalue weighted by Gasteiger charge is 2.14. The Hall–Kier alpha value is -2.69. The number of carboxylic acid groups (broad SMARTS) is 1. The second kappa shape index (κ2) is 8.08. The van der Waals surface area contributed by atoms with Crippen molar-refractivity contribution in [1.82, 2.24) is 0 Å². The molecule has 0 amide bonds. The number of hydrogen-bond acceptors (Lipinski definition) is 4. The summed E-state index contributed by atoms with van der Waals surface area (Å²) in [7, 11) is -0.653.